The lowest BCUT2D eigenvalue weighted by Gasteiger charge is -2.28. The van der Waals surface area contributed by atoms with Gasteiger partial charge in [0, 0.05) is 23.4 Å². The molecule has 5 heteroatoms. The topological polar surface area (TPSA) is 67.4 Å². The zero-order valence-corrected chi connectivity index (χ0v) is 14.1. The highest BCUT2D eigenvalue weighted by Gasteiger charge is 2.25. The van der Waals surface area contributed by atoms with Gasteiger partial charge in [-0.1, -0.05) is 19.9 Å². The van der Waals surface area contributed by atoms with Gasteiger partial charge in [-0.2, -0.15) is 0 Å². The molecule has 5 nitrogen and oxygen atoms in total. The van der Waals surface area contributed by atoms with Crippen molar-refractivity contribution in [2.75, 3.05) is 11.9 Å². The van der Waals surface area contributed by atoms with Crippen LogP contribution in [0.5, 0.6) is 0 Å². The van der Waals surface area contributed by atoms with Gasteiger partial charge >= 0.3 is 0 Å². The maximum atomic E-state index is 12.4. The molecule has 1 saturated heterocycles. The van der Waals surface area contributed by atoms with Gasteiger partial charge < -0.3 is 15.4 Å². The van der Waals surface area contributed by atoms with E-state index in [-0.39, 0.29) is 23.5 Å². The van der Waals surface area contributed by atoms with E-state index in [4.69, 9.17) is 4.74 Å². The molecule has 2 N–H and O–H groups in total. The summed E-state index contributed by atoms with van der Waals surface area (Å²) in [6.07, 6.45) is 3.01. The van der Waals surface area contributed by atoms with Gasteiger partial charge in [0.05, 0.1) is 0 Å². The zero-order valence-electron chi connectivity index (χ0n) is 14.1. The van der Waals surface area contributed by atoms with Crippen LogP contribution < -0.4 is 10.6 Å². The largest absolute Gasteiger partial charge is 0.368 e. The molecule has 2 rings (SSSR count). The minimum absolute atomic E-state index is 0.121. The van der Waals surface area contributed by atoms with E-state index in [1.54, 1.807) is 24.3 Å². The van der Waals surface area contributed by atoms with Gasteiger partial charge in [0.2, 0.25) is 0 Å². The Bertz CT molecular complexity index is 561. The Morgan fingerprint density at radius 3 is 2.65 bits per heavy atom. The summed E-state index contributed by atoms with van der Waals surface area (Å²) in [6, 6.07) is 7.01. The molecule has 0 aromatic heterocycles. The van der Waals surface area contributed by atoms with Crippen LogP contribution in [-0.2, 0) is 9.53 Å². The molecular weight excluding hydrogens is 292 g/mol. The van der Waals surface area contributed by atoms with Crippen LogP contribution in [-0.4, -0.2) is 30.1 Å². The highest BCUT2D eigenvalue weighted by molar-refractivity contribution is 5.98. The van der Waals surface area contributed by atoms with Gasteiger partial charge in [-0.3, -0.25) is 9.59 Å². The Labute approximate surface area is 137 Å². The summed E-state index contributed by atoms with van der Waals surface area (Å²) < 4.78 is 5.37. The Morgan fingerprint density at radius 1 is 1.30 bits per heavy atom. The van der Waals surface area contributed by atoms with Gasteiger partial charge in [-0.15, -0.1) is 0 Å². The quantitative estimate of drug-likeness (QED) is 0.847. The number of hydrogen-bond donors (Lipinski definition) is 2. The first-order valence-electron chi connectivity index (χ1n) is 8.32. The molecule has 2 amide bonds. The van der Waals surface area contributed by atoms with E-state index in [0.29, 0.717) is 17.9 Å². The van der Waals surface area contributed by atoms with Gasteiger partial charge in [0.1, 0.15) is 6.10 Å². The number of benzene rings is 1. The number of anilines is 1. The summed E-state index contributed by atoms with van der Waals surface area (Å²) in [6.45, 7) is 6.78. The van der Waals surface area contributed by atoms with E-state index >= 15 is 0 Å². The van der Waals surface area contributed by atoms with E-state index in [0.717, 1.165) is 25.7 Å². The smallest absolute Gasteiger partial charge is 0.253 e. The number of nitrogens with one attached hydrogen (secondary N) is 2. The number of ether oxygens (including phenoxy) is 1. The molecule has 0 saturated carbocycles. The highest BCUT2D eigenvalue weighted by atomic mass is 16.5. The number of carbonyl (C=O) groups is 2. The van der Waals surface area contributed by atoms with E-state index in [2.05, 4.69) is 24.5 Å². The minimum atomic E-state index is -0.379. The van der Waals surface area contributed by atoms with Crippen molar-refractivity contribution in [3.63, 3.8) is 0 Å². The summed E-state index contributed by atoms with van der Waals surface area (Å²) in [7, 11) is 0. The molecule has 23 heavy (non-hydrogen) atoms. The van der Waals surface area contributed by atoms with Crippen molar-refractivity contribution >= 4 is 17.5 Å². The van der Waals surface area contributed by atoms with Crippen molar-refractivity contribution in [1.29, 1.82) is 0 Å². The Hall–Kier alpha value is -1.88. The van der Waals surface area contributed by atoms with E-state index < -0.39 is 0 Å². The maximum Gasteiger partial charge on any atom is 0.253 e. The summed E-state index contributed by atoms with van der Waals surface area (Å²) in [5.74, 6) is -0.267. The molecule has 1 atom stereocenters. The number of hydrogen-bond acceptors (Lipinski definition) is 3. The van der Waals surface area contributed by atoms with Gasteiger partial charge in [-0.05, 0) is 50.8 Å². The second-order valence-electron chi connectivity index (χ2n) is 6.29. The fraction of sp³-hybridized carbons (Fsp3) is 0.556. The molecule has 1 aromatic rings. The number of rotatable bonds is 6. The van der Waals surface area contributed by atoms with E-state index in [9.17, 15) is 9.59 Å². The van der Waals surface area contributed by atoms with Crippen molar-refractivity contribution in [3.8, 4) is 0 Å². The third-order valence-electron chi connectivity index (χ3n) is 4.59. The molecule has 0 spiro atoms. The van der Waals surface area contributed by atoms with Crippen LogP contribution in [0.15, 0.2) is 24.3 Å². The van der Waals surface area contributed by atoms with Gasteiger partial charge in [0.25, 0.3) is 11.8 Å². The van der Waals surface area contributed by atoms with Crippen LogP contribution in [0.25, 0.3) is 0 Å². The lowest BCUT2D eigenvalue weighted by atomic mass is 9.95. The summed E-state index contributed by atoms with van der Waals surface area (Å²) in [5.41, 5.74) is 0.949. The second-order valence-corrected chi connectivity index (χ2v) is 6.29. The normalized spacial score (nSPS) is 17.8. The van der Waals surface area contributed by atoms with Crippen molar-refractivity contribution in [2.24, 2.45) is 0 Å². The zero-order chi connectivity index (χ0) is 16.9. The summed E-state index contributed by atoms with van der Waals surface area (Å²) in [4.78, 5) is 24.5. The first kappa shape index (κ1) is 17.5. The molecule has 0 bridgehead atoms. The van der Waals surface area contributed by atoms with Crippen molar-refractivity contribution in [2.45, 2.75) is 58.1 Å². The maximum absolute atomic E-state index is 12.4. The van der Waals surface area contributed by atoms with Crippen molar-refractivity contribution in [3.05, 3.63) is 29.8 Å². The van der Waals surface area contributed by atoms with Crippen LogP contribution in [0.4, 0.5) is 5.69 Å². The molecule has 0 radical (unpaired) electrons. The van der Waals surface area contributed by atoms with Crippen molar-refractivity contribution in [1.82, 2.24) is 5.32 Å². The third-order valence-corrected chi connectivity index (χ3v) is 4.59. The molecule has 1 aromatic carbocycles. The molecule has 1 heterocycles. The Morgan fingerprint density at radius 2 is 2.04 bits per heavy atom. The Balaban J connectivity index is 2.04. The van der Waals surface area contributed by atoms with E-state index in [1.807, 2.05) is 6.92 Å². The van der Waals surface area contributed by atoms with Crippen LogP contribution in [0, 0.1) is 0 Å². The van der Waals surface area contributed by atoms with Gasteiger partial charge in [-0.25, -0.2) is 0 Å². The fourth-order valence-electron chi connectivity index (χ4n) is 2.52. The SMILES string of the molecule is CCC(C)(CC)NC(=O)c1cccc(NC(=O)[C@@H]2CCCO2)c1. The second kappa shape index (κ2) is 7.59. The minimum Gasteiger partial charge on any atom is -0.368 e. The van der Waals surface area contributed by atoms with Crippen molar-refractivity contribution < 1.29 is 14.3 Å². The fourth-order valence-corrected chi connectivity index (χ4v) is 2.52. The molecule has 1 fully saturated rings. The molecule has 0 aliphatic carbocycles. The first-order chi connectivity index (χ1) is 11.0. The summed E-state index contributed by atoms with van der Waals surface area (Å²) in [5, 5.41) is 5.89. The predicted octanol–water partition coefficient (Wildman–Crippen LogP) is 3.11. The lowest BCUT2D eigenvalue weighted by Crippen LogP contribution is -2.44. The van der Waals surface area contributed by atoms with Crippen LogP contribution >= 0.6 is 0 Å². The molecule has 1 aliphatic heterocycles. The number of carbonyl (C=O) groups excluding carboxylic acids is 2. The standard InChI is InChI=1S/C18H26N2O3/c1-4-18(3,5-2)20-16(21)13-8-6-9-14(12-13)19-17(22)15-10-7-11-23-15/h6,8-9,12,15H,4-5,7,10-11H2,1-3H3,(H,19,22)(H,20,21)/t15-/m0/s1. The first-order valence-corrected chi connectivity index (χ1v) is 8.32. The average molecular weight is 318 g/mol. The average Bonchev–Trinajstić information content (AvgIpc) is 3.09. The summed E-state index contributed by atoms with van der Waals surface area (Å²) >= 11 is 0. The monoisotopic (exact) mass is 318 g/mol. The van der Waals surface area contributed by atoms with Crippen LogP contribution in [0.3, 0.4) is 0 Å². The molecule has 0 unspecified atom stereocenters. The van der Waals surface area contributed by atoms with E-state index in [1.165, 1.54) is 0 Å². The molecular formula is C18H26N2O3. The molecule has 1 aliphatic rings. The van der Waals surface area contributed by atoms with Crippen LogP contribution in [0.1, 0.15) is 56.8 Å². The highest BCUT2D eigenvalue weighted by Crippen LogP contribution is 2.18. The third kappa shape index (κ3) is 4.55. The lowest BCUT2D eigenvalue weighted by molar-refractivity contribution is -0.124. The Kier molecular flexibility index (Phi) is 5.77. The van der Waals surface area contributed by atoms with Crippen LogP contribution in [0.2, 0.25) is 0 Å². The number of amides is 2. The molecule has 126 valence electrons. The van der Waals surface area contributed by atoms with Gasteiger partial charge in [0.15, 0.2) is 0 Å². The predicted molar refractivity (Wildman–Crippen MR) is 90.5 cm³/mol.